The Hall–Kier alpha value is -2.20. The van der Waals surface area contributed by atoms with Crippen molar-refractivity contribution < 1.29 is 14.0 Å². The number of aryl methyl sites for hydroxylation is 1. The lowest BCUT2D eigenvalue weighted by Gasteiger charge is -2.07. The predicted octanol–water partition coefficient (Wildman–Crippen LogP) is 3.48. The van der Waals surface area contributed by atoms with Crippen LogP contribution in [0.25, 0.3) is 11.1 Å². The lowest BCUT2D eigenvalue weighted by Crippen LogP contribution is -2.24. The Kier molecular flexibility index (Phi) is 4.48. The normalized spacial score (nSPS) is 10.3. The summed E-state index contributed by atoms with van der Waals surface area (Å²) in [6.45, 7) is 4.05. The van der Waals surface area contributed by atoms with Crippen LogP contribution in [0.4, 0.5) is 4.39 Å². The molecule has 3 nitrogen and oxygen atoms in total. The first kappa shape index (κ1) is 14.2. The Bertz CT molecular complexity index is 608. The molecule has 0 heterocycles. The number of carbonyl (C=O) groups excluding carboxylic acids is 1. The molecule has 2 aromatic carbocycles. The molecule has 0 saturated heterocycles. The molecule has 0 aliphatic rings. The smallest absolute Gasteiger partial charge is 0.274 e. The number of hydroxylamine groups is 1. The second kappa shape index (κ2) is 6.30. The average Bonchev–Trinajstić information content (AvgIpc) is 2.45. The molecule has 0 aliphatic heterocycles. The number of amides is 1. The molecule has 104 valence electrons. The minimum Gasteiger partial charge on any atom is -0.274 e. The second-order valence-electron chi connectivity index (χ2n) is 4.42. The zero-order chi connectivity index (χ0) is 14.5. The van der Waals surface area contributed by atoms with Crippen molar-refractivity contribution in [3.05, 3.63) is 59.4 Å². The van der Waals surface area contributed by atoms with Crippen molar-refractivity contribution in [1.82, 2.24) is 5.48 Å². The highest BCUT2D eigenvalue weighted by molar-refractivity contribution is 5.94. The maximum Gasteiger partial charge on any atom is 0.277 e. The van der Waals surface area contributed by atoms with Gasteiger partial charge in [-0.1, -0.05) is 35.9 Å². The first-order valence-electron chi connectivity index (χ1n) is 6.40. The van der Waals surface area contributed by atoms with Crippen molar-refractivity contribution >= 4 is 5.91 Å². The van der Waals surface area contributed by atoms with Gasteiger partial charge in [0.2, 0.25) is 0 Å². The fourth-order valence-electron chi connectivity index (χ4n) is 1.82. The molecule has 0 bridgehead atoms. The summed E-state index contributed by atoms with van der Waals surface area (Å²) in [6.07, 6.45) is 0. The van der Waals surface area contributed by atoms with Gasteiger partial charge in [-0.2, -0.15) is 0 Å². The molecule has 0 aromatic heterocycles. The molecule has 2 aromatic rings. The molecule has 1 amide bonds. The minimum absolute atomic E-state index is 0.0330. The largest absolute Gasteiger partial charge is 0.277 e. The topological polar surface area (TPSA) is 38.3 Å². The van der Waals surface area contributed by atoms with Gasteiger partial charge >= 0.3 is 0 Å². The van der Waals surface area contributed by atoms with E-state index in [9.17, 15) is 9.18 Å². The molecule has 0 radical (unpaired) electrons. The molecule has 4 heteroatoms. The minimum atomic E-state index is -0.584. The summed E-state index contributed by atoms with van der Waals surface area (Å²) in [5, 5.41) is 0. The third-order valence-electron chi connectivity index (χ3n) is 2.91. The van der Waals surface area contributed by atoms with Crippen molar-refractivity contribution in [3.63, 3.8) is 0 Å². The highest BCUT2D eigenvalue weighted by atomic mass is 19.1. The van der Waals surface area contributed by atoms with Crippen molar-refractivity contribution in [2.45, 2.75) is 13.8 Å². The van der Waals surface area contributed by atoms with E-state index in [-0.39, 0.29) is 5.56 Å². The Morgan fingerprint density at radius 1 is 1.15 bits per heavy atom. The molecule has 0 atom stereocenters. The number of carbonyl (C=O) groups is 1. The van der Waals surface area contributed by atoms with Crippen LogP contribution in [-0.4, -0.2) is 12.5 Å². The summed E-state index contributed by atoms with van der Waals surface area (Å²) in [6, 6.07) is 12.3. The number of halogens is 1. The van der Waals surface area contributed by atoms with Crippen LogP contribution in [0.3, 0.4) is 0 Å². The molecular weight excluding hydrogens is 257 g/mol. The van der Waals surface area contributed by atoms with Crippen LogP contribution in [0.2, 0.25) is 0 Å². The van der Waals surface area contributed by atoms with E-state index in [1.165, 1.54) is 12.1 Å². The van der Waals surface area contributed by atoms with Crippen molar-refractivity contribution in [2.75, 3.05) is 6.61 Å². The van der Waals surface area contributed by atoms with Gasteiger partial charge < -0.3 is 0 Å². The highest BCUT2D eigenvalue weighted by Crippen LogP contribution is 2.22. The van der Waals surface area contributed by atoms with E-state index in [1.807, 2.05) is 31.2 Å². The summed E-state index contributed by atoms with van der Waals surface area (Å²) >= 11 is 0. The Labute approximate surface area is 117 Å². The van der Waals surface area contributed by atoms with Gasteiger partial charge in [0.05, 0.1) is 12.2 Å². The quantitative estimate of drug-likeness (QED) is 0.866. The first-order valence-corrected chi connectivity index (χ1v) is 6.40. The fourth-order valence-corrected chi connectivity index (χ4v) is 1.82. The molecule has 0 unspecified atom stereocenters. The second-order valence-corrected chi connectivity index (χ2v) is 4.42. The van der Waals surface area contributed by atoms with Crippen LogP contribution in [0, 0.1) is 12.7 Å². The number of benzene rings is 2. The van der Waals surface area contributed by atoms with Gasteiger partial charge in [0.25, 0.3) is 5.91 Å². The van der Waals surface area contributed by atoms with Gasteiger partial charge in [-0.3, -0.25) is 9.63 Å². The molecule has 20 heavy (non-hydrogen) atoms. The van der Waals surface area contributed by atoms with E-state index < -0.39 is 11.7 Å². The summed E-state index contributed by atoms with van der Waals surface area (Å²) in [7, 11) is 0. The number of nitrogens with one attached hydrogen (secondary N) is 1. The molecule has 0 fully saturated rings. The summed E-state index contributed by atoms with van der Waals surface area (Å²) < 4.78 is 14.0. The molecule has 0 aliphatic carbocycles. The number of hydrogen-bond donors (Lipinski definition) is 1. The maximum atomic E-state index is 14.0. The van der Waals surface area contributed by atoms with E-state index in [4.69, 9.17) is 4.84 Å². The lowest BCUT2D eigenvalue weighted by molar-refractivity contribution is 0.0361. The Morgan fingerprint density at radius 3 is 2.40 bits per heavy atom. The van der Waals surface area contributed by atoms with Crippen molar-refractivity contribution in [1.29, 1.82) is 0 Å². The van der Waals surface area contributed by atoms with Gasteiger partial charge in [0.1, 0.15) is 5.82 Å². The van der Waals surface area contributed by atoms with Gasteiger partial charge in [-0.05, 0) is 37.1 Å². The third kappa shape index (κ3) is 3.22. The number of hydrogen-bond acceptors (Lipinski definition) is 2. The highest BCUT2D eigenvalue weighted by Gasteiger charge is 2.12. The first-order chi connectivity index (χ1) is 9.61. The maximum absolute atomic E-state index is 14.0. The Morgan fingerprint density at radius 2 is 1.80 bits per heavy atom. The van der Waals surface area contributed by atoms with E-state index in [0.717, 1.165) is 16.7 Å². The zero-order valence-electron chi connectivity index (χ0n) is 11.4. The third-order valence-corrected chi connectivity index (χ3v) is 2.91. The molecule has 2 rings (SSSR count). The van der Waals surface area contributed by atoms with Crippen molar-refractivity contribution in [2.24, 2.45) is 0 Å². The summed E-state index contributed by atoms with van der Waals surface area (Å²) in [5.41, 5.74) is 4.93. The zero-order valence-corrected chi connectivity index (χ0v) is 11.4. The monoisotopic (exact) mass is 273 g/mol. The van der Waals surface area contributed by atoms with E-state index >= 15 is 0 Å². The van der Waals surface area contributed by atoms with Crippen molar-refractivity contribution in [3.8, 4) is 11.1 Å². The SMILES string of the molecule is CCONC(=O)c1ccc(-c2ccc(C)cc2)cc1F. The molecular formula is C16H16FNO2. The molecule has 1 N–H and O–H groups in total. The van der Waals surface area contributed by atoms with E-state index in [0.29, 0.717) is 6.61 Å². The van der Waals surface area contributed by atoms with Crippen LogP contribution in [-0.2, 0) is 4.84 Å². The van der Waals surface area contributed by atoms with Crippen LogP contribution in [0.5, 0.6) is 0 Å². The molecule has 0 spiro atoms. The van der Waals surface area contributed by atoms with Crippen LogP contribution in [0.15, 0.2) is 42.5 Å². The predicted molar refractivity (Wildman–Crippen MR) is 75.7 cm³/mol. The van der Waals surface area contributed by atoms with Crippen LogP contribution in [0.1, 0.15) is 22.8 Å². The van der Waals surface area contributed by atoms with Gasteiger partial charge in [-0.15, -0.1) is 0 Å². The van der Waals surface area contributed by atoms with Gasteiger partial charge in [-0.25, -0.2) is 9.87 Å². The number of rotatable bonds is 4. The molecule has 0 saturated carbocycles. The van der Waals surface area contributed by atoms with Crippen LogP contribution >= 0.6 is 0 Å². The fraction of sp³-hybridized carbons (Fsp3) is 0.188. The summed E-state index contributed by atoms with van der Waals surface area (Å²) in [4.78, 5) is 16.4. The van der Waals surface area contributed by atoms with E-state index in [1.54, 1.807) is 13.0 Å². The van der Waals surface area contributed by atoms with Gasteiger partial charge in [0, 0.05) is 0 Å². The lowest BCUT2D eigenvalue weighted by atomic mass is 10.0. The van der Waals surface area contributed by atoms with E-state index in [2.05, 4.69) is 5.48 Å². The standard InChI is InChI=1S/C16H16FNO2/c1-3-20-18-16(19)14-9-8-13(10-15(14)17)12-6-4-11(2)5-7-12/h4-10H,3H2,1-2H3,(H,18,19). The Balaban J connectivity index is 2.25. The van der Waals surface area contributed by atoms with Gasteiger partial charge in [0.15, 0.2) is 0 Å². The van der Waals surface area contributed by atoms with Crippen LogP contribution < -0.4 is 5.48 Å². The summed E-state index contributed by atoms with van der Waals surface area (Å²) in [5.74, 6) is -1.15. The average molecular weight is 273 g/mol.